The van der Waals surface area contributed by atoms with E-state index >= 15 is 0 Å². The van der Waals surface area contributed by atoms with Gasteiger partial charge in [-0.3, -0.25) is 4.90 Å². The van der Waals surface area contributed by atoms with Gasteiger partial charge in [0.15, 0.2) is 0 Å². The molecule has 0 N–H and O–H groups in total. The molecule has 1 aromatic heterocycles. The summed E-state index contributed by atoms with van der Waals surface area (Å²) in [7, 11) is 0. The van der Waals surface area contributed by atoms with E-state index < -0.39 is 5.60 Å². The molecule has 2 atom stereocenters. The fraction of sp³-hybridized carbons (Fsp3) is 0.433. The minimum absolute atomic E-state index is 0.111. The molecular weight excluding hydrogens is 466 g/mol. The first-order chi connectivity index (χ1) is 17.7. The van der Waals surface area contributed by atoms with E-state index in [1.54, 1.807) is 6.92 Å². The maximum absolute atomic E-state index is 13.1. The maximum atomic E-state index is 13.1. The second kappa shape index (κ2) is 11.6. The van der Waals surface area contributed by atoms with Gasteiger partial charge in [-0.1, -0.05) is 42.5 Å². The first kappa shape index (κ1) is 26.5. The van der Waals surface area contributed by atoms with E-state index in [1.807, 2.05) is 80.7 Å². The van der Waals surface area contributed by atoms with Crippen LogP contribution in [0, 0.1) is 0 Å². The number of aryl methyl sites for hydroxylation is 2. The lowest BCUT2D eigenvalue weighted by atomic mass is 10.1. The molecule has 0 saturated heterocycles. The molecule has 0 bridgehead atoms. The number of carbonyl (C=O) groups is 2. The Labute approximate surface area is 219 Å². The highest BCUT2D eigenvalue weighted by Crippen LogP contribution is 2.45. The van der Waals surface area contributed by atoms with Gasteiger partial charge in [-0.05, 0) is 70.2 Å². The third-order valence-corrected chi connectivity index (χ3v) is 6.38. The third kappa shape index (κ3) is 7.44. The summed E-state index contributed by atoms with van der Waals surface area (Å²) in [5.41, 5.74) is 3.29. The van der Waals surface area contributed by atoms with E-state index in [-0.39, 0.29) is 18.1 Å². The summed E-state index contributed by atoms with van der Waals surface area (Å²) in [5.74, 6) is 0.0349. The van der Waals surface area contributed by atoms with Crippen LogP contribution in [0.25, 0.3) is 0 Å². The molecule has 0 spiro atoms. The van der Waals surface area contributed by atoms with E-state index in [4.69, 9.17) is 9.47 Å². The summed E-state index contributed by atoms with van der Waals surface area (Å²) in [4.78, 5) is 31.3. The number of imidazole rings is 1. The lowest BCUT2D eigenvalue weighted by Crippen LogP contribution is -2.38. The Morgan fingerprint density at radius 1 is 1.08 bits per heavy atom. The smallest absolute Gasteiger partial charge is 0.410 e. The number of esters is 1. The number of nitrogens with zero attached hydrogens (tertiary/aromatic N) is 3. The Hall–Kier alpha value is -3.61. The minimum atomic E-state index is -0.555. The second-order valence-electron chi connectivity index (χ2n) is 10.6. The molecule has 1 fully saturated rings. The van der Waals surface area contributed by atoms with Gasteiger partial charge in [0, 0.05) is 24.7 Å². The highest BCUT2D eigenvalue weighted by atomic mass is 16.6. The van der Waals surface area contributed by atoms with Crippen LogP contribution in [0.2, 0.25) is 0 Å². The standard InChI is InChI=1S/C30H37N3O4/c1-5-36-28(34)24-15-13-22(14-16-24)10-9-17-32-19-25(31-21-32)20-33(29(35)37-30(2,3)4)27-18-26(27)23-11-7-6-8-12-23/h6-8,11-16,19,21,26-27H,5,9-10,17-18,20H2,1-4H3. The van der Waals surface area contributed by atoms with E-state index in [2.05, 4.69) is 21.7 Å². The van der Waals surface area contributed by atoms with Gasteiger partial charge in [0.25, 0.3) is 0 Å². The molecule has 7 heteroatoms. The Balaban J connectivity index is 1.34. The molecule has 1 amide bonds. The molecule has 1 aliphatic carbocycles. The largest absolute Gasteiger partial charge is 0.462 e. The summed E-state index contributed by atoms with van der Waals surface area (Å²) in [6, 6.07) is 18.0. The van der Waals surface area contributed by atoms with Crippen molar-refractivity contribution < 1.29 is 19.1 Å². The number of amides is 1. The fourth-order valence-corrected chi connectivity index (χ4v) is 4.49. The van der Waals surface area contributed by atoms with Crippen LogP contribution in [0.1, 0.15) is 73.6 Å². The zero-order valence-electron chi connectivity index (χ0n) is 22.2. The Morgan fingerprint density at radius 3 is 2.49 bits per heavy atom. The predicted octanol–water partition coefficient (Wildman–Crippen LogP) is 5.99. The number of aromatic nitrogens is 2. The van der Waals surface area contributed by atoms with Crippen molar-refractivity contribution in [3.63, 3.8) is 0 Å². The molecule has 37 heavy (non-hydrogen) atoms. The van der Waals surface area contributed by atoms with Crippen molar-refractivity contribution in [2.75, 3.05) is 6.61 Å². The van der Waals surface area contributed by atoms with Gasteiger partial charge >= 0.3 is 12.1 Å². The van der Waals surface area contributed by atoms with Crippen molar-refractivity contribution in [2.45, 2.75) is 77.6 Å². The van der Waals surface area contributed by atoms with Crippen molar-refractivity contribution in [2.24, 2.45) is 0 Å². The highest BCUT2D eigenvalue weighted by molar-refractivity contribution is 5.89. The lowest BCUT2D eigenvalue weighted by Gasteiger charge is -2.27. The van der Waals surface area contributed by atoms with E-state index in [1.165, 1.54) is 11.1 Å². The zero-order chi connectivity index (χ0) is 26.4. The summed E-state index contributed by atoms with van der Waals surface area (Å²) >= 11 is 0. The average molecular weight is 504 g/mol. The van der Waals surface area contributed by atoms with Gasteiger partial charge in [-0.15, -0.1) is 0 Å². The predicted molar refractivity (Wildman–Crippen MR) is 142 cm³/mol. The summed E-state index contributed by atoms with van der Waals surface area (Å²) in [5, 5.41) is 0. The molecule has 196 valence electrons. The maximum Gasteiger partial charge on any atom is 0.410 e. The SMILES string of the molecule is CCOC(=O)c1ccc(CCCn2cnc(CN(C(=O)OC(C)(C)C)C3CC3c3ccccc3)c2)cc1. The van der Waals surface area contributed by atoms with E-state index in [0.717, 1.165) is 31.5 Å². The van der Waals surface area contributed by atoms with Crippen LogP contribution >= 0.6 is 0 Å². The number of hydrogen-bond acceptors (Lipinski definition) is 5. The van der Waals surface area contributed by atoms with Gasteiger partial charge < -0.3 is 14.0 Å². The number of rotatable bonds is 10. The van der Waals surface area contributed by atoms with Crippen LogP contribution in [0.4, 0.5) is 4.79 Å². The van der Waals surface area contributed by atoms with Crippen LogP contribution in [-0.4, -0.2) is 44.8 Å². The van der Waals surface area contributed by atoms with E-state index in [9.17, 15) is 9.59 Å². The molecule has 1 saturated carbocycles. The van der Waals surface area contributed by atoms with Gasteiger partial charge in [0.1, 0.15) is 5.60 Å². The first-order valence-corrected chi connectivity index (χ1v) is 13.0. The second-order valence-corrected chi connectivity index (χ2v) is 10.6. The quantitative estimate of drug-likeness (QED) is 0.318. The number of hydrogen-bond donors (Lipinski definition) is 0. The van der Waals surface area contributed by atoms with Gasteiger partial charge in [-0.25, -0.2) is 14.6 Å². The lowest BCUT2D eigenvalue weighted by molar-refractivity contribution is 0.0210. The molecule has 0 aliphatic heterocycles. The Bertz CT molecular complexity index is 1180. The van der Waals surface area contributed by atoms with Crippen molar-refractivity contribution >= 4 is 12.1 Å². The molecule has 2 unspecified atom stereocenters. The molecular formula is C30H37N3O4. The Kier molecular flexibility index (Phi) is 8.31. The molecule has 2 aromatic carbocycles. The first-order valence-electron chi connectivity index (χ1n) is 13.0. The fourth-order valence-electron chi connectivity index (χ4n) is 4.49. The van der Waals surface area contributed by atoms with Gasteiger partial charge in [-0.2, -0.15) is 0 Å². The summed E-state index contributed by atoms with van der Waals surface area (Å²) in [6.07, 6.45) is 6.30. The van der Waals surface area contributed by atoms with E-state index in [0.29, 0.717) is 24.6 Å². The van der Waals surface area contributed by atoms with Crippen LogP contribution in [0.3, 0.4) is 0 Å². The summed E-state index contributed by atoms with van der Waals surface area (Å²) in [6.45, 7) is 9.09. The molecule has 1 heterocycles. The number of benzene rings is 2. The average Bonchev–Trinajstić information content (AvgIpc) is 3.53. The van der Waals surface area contributed by atoms with Gasteiger partial charge in [0.05, 0.1) is 30.7 Å². The van der Waals surface area contributed by atoms with Crippen LogP contribution in [0.5, 0.6) is 0 Å². The molecule has 1 aliphatic rings. The van der Waals surface area contributed by atoms with Crippen molar-refractivity contribution in [1.82, 2.24) is 14.5 Å². The molecule has 0 radical (unpaired) electrons. The number of carbonyl (C=O) groups excluding carboxylic acids is 2. The Morgan fingerprint density at radius 2 is 1.81 bits per heavy atom. The topological polar surface area (TPSA) is 73.7 Å². The van der Waals surface area contributed by atoms with Gasteiger partial charge in [0.2, 0.25) is 0 Å². The van der Waals surface area contributed by atoms with Crippen LogP contribution in [0.15, 0.2) is 67.1 Å². The minimum Gasteiger partial charge on any atom is -0.462 e. The summed E-state index contributed by atoms with van der Waals surface area (Å²) < 4.78 is 12.8. The monoisotopic (exact) mass is 503 g/mol. The van der Waals surface area contributed by atoms with Crippen molar-refractivity contribution in [3.05, 3.63) is 89.5 Å². The van der Waals surface area contributed by atoms with Crippen molar-refractivity contribution in [1.29, 1.82) is 0 Å². The zero-order valence-corrected chi connectivity index (χ0v) is 22.2. The molecule has 3 aromatic rings. The van der Waals surface area contributed by atoms with Crippen LogP contribution in [-0.2, 0) is 29.0 Å². The van der Waals surface area contributed by atoms with Crippen LogP contribution < -0.4 is 0 Å². The third-order valence-electron chi connectivity index (χ3n) is 6.38. The molecule has 4 rings (SSSR count). The van der Waals surface area contributed by atoms with Crippen molar-refractivity contribution in [3.8, 4) is 0 Å². The number of ether oxygens (including phenoxy) is 2. The highest BCUT2D eigenvalue weighted by Gasteiger charge is 2.46. The normalized spacial score (nSPS) is 16.8. The molecule has 7 nitrogen and oxygen atoms in total.